The van der Waals surface area contributed by atoms with E-state index in [1.54, 1.807) is 48.5 Å². The van der Waals surface area contributed by atoms with Crippen LogP contribution in [0.15, 0.2) is 48.5 Å². The van der Waals surface area contributed by atoms with Crippen molar-refractivity contribution in [1.82, 2.24) is 5.32 Å². The van der Waals surface area contributed by atoms with Gasteiger partial charge in [-0.05, 0) is 49.2 Å². The molecule has 0 bridgehead atoms. The number of nitrogens with one attached hydrogen (secondary N) is 2. The molecular weight excluding hydrogens is 374 g/mol. The largest absolute Gasteiger partial charge is 0.482 e. The van der Waals surface area contributed by atoms with Crippen molar-refractivity contribution >= 4 is 23.5 Å². The van der Waals surface area contributed by atoms with E-state index in [2.05, 4.69) is 10.6 Å². The predicted octanol–water partition coefficient (Wildman–Crippen LogP) is 2.01. The third-order valence-electron chi connectivity index (χ3n) is 4.06. The predicted molar refractivity (Wildman–Crippen MR) is 103 cm³/mol. The summed E-state index contributed by atoms with van der Waals surface area (Å²) in [4.78, 5) is 36.1. The Labute approximate surface area is 167 Å². The van der Waals surface area contributed by atoms with Crippen LogP contribution in [0, 0.1) is 11.3 Å². The summed E-state index contributed by atoms with van der Waals surface area (Å²) in [5, 5.41) is 14.2. The van der Waals surface area contributed by atoms with Crippen molar-refractivity contribution in [2.24, 2.45) is 0 Å². The molecule has 8 heteroatoms. The molecule has 2 N–H and O–H groups in total. The van der Waals surface area contributed by atoms with Gasteiger partial charge in [-0.3, -0.25) is 9.59 Å². The highest BCUT2D eigenvalue weighted by Gasteiger charge is 2.25. The molecule has 3 rings (SSSR count). The summed E-state index contributed by atoms with van der Waals surface area (Å²) in [6.45, 7) is -0.881. The fourth-order valence-electron chi connectivity index (χ4n) is 2.42. The first kappa shape index (κ1) is 19.9. The molecule has 0 unspecified atom stereocenters. The number of hydrogen-bond donors (Lipinski definition) is 2. The molecule has 0 saturated heterocycles. The third-order valence-corrected chi connectivity index (χ3v) is 4.06. The van der Waals surface area contributed by atoms with E-state index in [-0.39, 0.29) is 18.6 Å². The van der Waals surface area contributed by atoms with Gasteiger partial charge in [-0.2, -0.15) is 5.26 Å². The van der Waals surface area contributed by atoms with Crippen molar-refractivity contribution in [2.45, 2.75) is 18.9 Å². The van der Waals surface area contributed by atoms with Gasteiger partial charge in [0, 0.05) is 6.04 Å². The normalized spacial score (nSPS) is 12.4. The van der Waals surface area contributed by atoms with Crippen molar-refractivity contribution in [2.75, 3.05) is 18.5 Å². The smallest absolute Gasteiger partial charge is 0.344 e. The highest BCUT2D eigenvalue weighted by atomic mass is 16.6. The molecule has 0 aliphatic heterocycles. The van der Waals surface area contributed by atoms with E-state index >= 15 is 0 Å². The average Bonchev–Trinajstić information content (AvgIpc) is 3.55. The zero-order valence-electron chi connectivity index (χ0n) is 15.5. The Bertz CT molecular complexity index is 946. The monoisotopic (exact) mass is 393 g/mol. The Morgan fingerprint density at radius 3 is 2.45 bits per heavy atom. The zero-order valence-corrected chi connectivity index (χ0v) is 15.5. The maximum atomic E-state index is 12.2. The summed E-state index contributed by atoms with van der Waals surface area (Å²) in [7, 11) is 0. The van der Waals surface area contributed by atoms with Crippen LogP contribution in [-0.4, -0.2) is 37.0 Å². The van der Waals surface area contributed by atoms with Crippen LogP contribution in [0.3, 0.4) is 0 Å². The number of ether oxygens (including phenoxy) is 2. The first-order chi connectivity index (χ1) is 14.0. The zero-order chi connectivity index (χ0) is 20.6. The lowest BCUT2D eigenvalue weighted by Gasteiger charge is -2.11. The Kier molecular flexibility index (Phi) is 6.43. The van der Waals surface area contributed by atoms with Crippen LogP contribution >= 0.6 is 0 Å². The number of hydrogen-bond acceptors (Lipinski definition) is 6. The molecule has 1 fully saturated rings. The van der Waals surface area contributed by atoms with Crippen molar-refractivity contribution in [1.29, 1.82) is 5.26 Å². The van der Waals surface area contributed by atoms with E-state index in [0.29, 0.717) is 22.6 Å². The molecule has 1 aliphatic rings. The molecule has 1 aliphatic carbocycles. The summed E-state index contributed by atoms with van der Waals surface area (Å²) in [6, 6.07) is 15.0. The van der Waals surface area contributed by atoms with Crippen LogP contribution in [0.4, 0.5) is 5.69 Å². The number of nitriles is 1. The quantitative estimate of drug-likeness (QED) is 0.663. The number of anilines is 1. The van der Waals surface area contributed by atoms with Gasteiger partial charge in [0.1, 0.15) is 5.75 Å². The highest BCUT2D eigenvalue weighted by Crippen LogP contribution is 2.21. The molecular formula is C21H19N3O5. The minimum Gasteiger partial charge on any atom is -0.482 e. The molecule has 2 aromatic rings. The molecule has 0 atom stereocenters. The molecule has 0 radical (unpaired) electrons. The summed E-state index contributed by atoms with van der Waals surface area (Å²) in [5.41, 5.74) is 1.17. The van der Waals surface area contributed by atoms with E-state index in [0.717, 1.165) is 12.8 Å². The lowest BCUT2D eigenvalue weighted by Crippen LogP contribution is -2.28. The molecule has 2 amide bonds. The summed E-state index contributed by atoms with van der Waals surface area (Å²) < 4.78 is 10.1. The van der Waals surface area contributed by atoms with Gasteiger partial charge in [0.2, 0.25) is 0 Å². The van der Waals surface area contributed by atoms with E-state index in [1.807, 2.05) is 6.07 Å². The number of rotatable bonds is 8. The van der Waals surface area contributed by atoms with Gasteiger partial charge in [-0.25, -0.2) is 4.79 Å². The Morgan fingerprint density at radius 1 is 1.03 bits per heavy atom. The Hall–Kier alpha value is -3.86. The van der Waals surface area contributed by atoms with Crippen molar-refractivity contribution in [3.05, 3.63) is 59.7 Å². The van der Waals surface area contributed by atoms with Crippen LogP contribution in [0.1, 0.15) is 28.8 Å². The Balaban J connectivity index is 1.45. The van der Waals surface area contributed by atoms with E-state index in [4.69, 9.17) is 14.7 Å². The summed E-state index contributed by atoms with van der Waals surface area (Å²) >= 11 is 0. The molecule has 0 spiro atoms. The minimum absolute atomic E-state index is 0.198. The number of benzene rings is 2. The maximum Gasteiger partial charge on any atom is 0.344 e. The van der Waals surface area contributed by atoms with Crippen LogP contribution in [0.5, 0.6) is 5.75 Å². The van der Waals surface area contributed by atoms with Gasteiger partial charge in [0.25, 0.3) is 11.8 Å². The second kappa shape index (κ2) is 9.37. The molecule has 29 heavy (non-hydrogen) atoms. The Morgan fingerprint density at radius 2 is 1.76 bits per heavy atom. The minimum atomic E-state index is -0.718. The molecule has 8 nitrogen and oxygen atoms in total. The first-order valence-corrected chi connectivity index (χ1v) is 9.03. The lowest BCUT2D eigenvalue weighted by atomic mass is 10.1. The molecule has 0 aromatic heterocycles. The van der Waals surface area contributed by atoms with Gasteiger partial charge >= 0.3 is 5.97 Å². The number of carbonyl (C=O) groups is 3. The summed E-state index contributed by atoms with van der Waals surface area (Å²) in [5.74, 6) is -1.13. The fraction of sp³-hybridized carbons (Fsp3) is 0.238. The second-order valence-corrected chi connectivity index (χ2v) is 6.43. The van der Waals surface area contributed by atoms with Gasteiger partial charge < -0.3 is 20.1 Å². The van der Waals surface area contributed by atoms with Crippen LogP contribution in [-0.2, 0) is 14.3 Å². The number of nitrogens with zero attached hydrogens (tertiary/aromatic N) is 1. The second-order valence-electron chi connectivity index (χ2n) is 6.43. The molecule has 148 valence electrons. The van der Waals surface area contributed by atoms with E-state index in [1.165, 1.54) is 0 Å². The first-order valence-electron chi connectivity index (χ1n) is 9.03. The van der Waals surface area contributed by atoms with E-state index in [9.17, 15) is 14.4 Å². The topological polar surface area (TPSA) is 118 Å². The van der Waals surface area contributed by atoms with Crippen LogP contribution < -0.4 is 15.4 Å². The maximum absolute atomic E-state index is 12.2. The van der Waals surface area contributed by atoms with Gasteiger partial charge in [-0.1, -0.05) is 12.1 Å². The van der Waals surface area contributed by atoms with Gasteiger partial charge in [-0.15, -0.1) is 0 Å². The average molecular weight is 393 g/mol. The molecule has 1 saturated carbocycles. The van der Waals surface area contributed by atoms with Crippen LogP contribution in [0.25, 0.3) is 0 Å². The number of esters is 1. The van der Waals surface area contributed by atoms with Crippen molar-refractivity contribution in [3.8, 4) is 11.8 Å². The van der Waals surface area contributed by atoms with E-state index < -0.39 is 18.5 Å². The highest BCUT2D eigenvalue weighted by molar-refractivity contribution is 6.04. The molecule has 2 aromatic carbocycles. The summed E-state index contributed by atoms with van der Waals surface area (Å²) in [6.07, 6.45) is 1.92. The fourth-order valence-corrected chi connectivity index (χ4v) is 2.42. The standard InChI is InChI=1S/C21H19N3O5/c22-11-14-5-9-16(10-6-14)28-13-20(26)29-12-19(25)24-18-4-2-1-3-17(18)21(27)23-15-7-8-15/h1-6,9-10,15H,7-8,12-13H2,(H,23,27)(H,24,25). The number of carbonyl (C=O) groups excluding carboxylic acids is 3. The number of amides is 2. The lowest BCUT2D eigenvalue weighted by molar-refractivity contribution is -0.149. The van der Waals surface area contributed by atoms with Crippen molar-refractivity contribution < 1.29 is 23.9 Å². The van der Waals surface area contributed by atoms with Gasteiger partial charge in [0.05, 0.1) is 22.9 Å². The number of para-hydroxylation sites is 1. The van der Waals surface area contributed by atoms with Crippen molar-refractivity contribution in [3.63, 3.8) is 0 Å². The van der Waals surface area contributed by atoms with Crippen LogP contribution in [0.2, 0.25) is 0 Å². The van der Waals surface area contributed by atoms with Gasteiger partial charge in [0.15, 0.2) is 13.2 Å². The molecule has 0 heterocycles. The SMILES string of the molecule is N#Cc1ccc(OCC(=O)OCC(=O)Nc2ccccc2C(=O)NC2CC2)cc1. The third kappa shape index (κ3) is 6.07.